The SMILES string of the molecule is Cc1cc(-n2nnc(C(=O)NCCN3CCCCC3)c2-c2ccncc2)ccc1F. The maximum Gasteiger partial charge on any atom is 0.274 e. The largest absolute Gasteiger partial charge is 0.349 e. The lowest BCUT2D eigenvalue weighted by Gasteiger charge is -2.26. The van der Waals surface area contributed by atoms with Crippen molar-refractivity contribution in [3.63, 3.8) is 0 Å². The van der Waals surface area contributed by atoms with Gasteiger partial charge >= 0.3 is 0 Å². The predicted molar refractivity (Wildman–Crippen MR) is 112 cm³/mol. The normalized spacial score (nSPS) is 14.6. The van der Waals surface area contributed by atoms with Gasteiger partial charge in [0, 0.05) is 31.0 Å². The minimum atomic E-state index is -0.292. The third-order valence-electron chi connectivity index (χ3n) is 5.39. The fourth-order valence-corrected chi connectivity index (χ4v) is 3.74. The highest BCUT2D eigenvalue weighted by Crippen LogP contribution is 2.25. The Kier molecular flexibility index (Phi) is 6.13. The van der Waals surface area contributed by atoms with Crippen LogP contribution in [0.25, 0.3) is 16.9 Å². The van der Waals surface area contributed by atoms with Crippen molar-refractivity contribution >= 4 is 5.91 Å². The maximum atomic E-state index is 13.7. The van der Waals surface area contributed by atoms with E-state index in [1.165, 1.54) is 25.3 Å². The van der Waals surface area contributed by atoms with Crippen molar-refractivity contribution in [1.82, 2.24) is 30.2 Å². The Labute approximate surface area is 174 Å². The molecule has 0 bridgehead atoms. The summed E-state index contributed by atoms with van der Waals surface area (Å²) in [5, 5.41) is 11.3. The molecule has 0 aliphatic carbocycles. The zero-order valence-corrected chi connectivity index (χ0v) is 17.0. The van der Waals surface area contributed by atoms with E-state index in [9.17, 15) is 9.18 Å². The van der Waals surface area contributed by atoms with E-state index < -0.39 is 0 Å². The van der Waals surface area contributed by atoms with Gasteiger partial charge in [0.05, 0.1) is 5.69 Å². The number of benzene rings is 1. The molecule has 4 rings (SSSR count). The summed E-state index contributed by atoms with van der Waals surface area (Å²) in [5.74, 6) is -0.566. The minimum Gasteiger partial charge on any atom is -0.349 e. The Hall–Kier alpha value is -3.13. The van der Waals surface area contributed by atoms with Crippen LogP contribution in [-0.4, -0.2) is 57.0 Å². The molecule has 0 atom stereocenters. The topological polar surface area (TPSA) is 75.9 Å². The highest BCUT2D eigenvalue weighted by atomic mass is 19.1. The molecule has 8 heteroatoms. The summed E-state index contributed by atoms with van der Waals surface area (Å²) in [6, 6.07) is 8.31. The van der Waals surface area contributed by atoms with Gasteiger partial charge in [0.15, 0.2) is 5.69 Å². The molecular weight excluding hydrogens is 383 g/mol. The molecular formula is C22H25FN6O. The highest BCUT2D eigenvalue weighted by molar-refractivity contribution is 5.98. The van der Waals surface area contributed by atoms with E-state index in [0.29, 0.717) is 23.5 Å². The van der Waals surface area contributed by atoms with Crippen molar-refractivity contribution < 1.29 is 9.18 Å². The van der Waals surface area contributed by atoms with E-state index in [1.54, 1.807) is 48.3 Å². The number of rotatable bonds is 6. The quantitative estimate of drug-likeness (QED) is 0.679. The number of aryl methyl sites for hydroxylation is 1. The van der Waals surface area contributed by atoms with Crippen molar-refractivity contribution in [2.24, 2.45) is 0 Å². The zero-order chi connectivity index (χ0) is 20.9. The summed E-state index contributed by atoms with van der Waals surface area (Å²) in [6.45, 7) is 5.23. The first-order valence-corrected chi connectivity index (χ1v) is 10.3. The van der Waals surface area contributed by atoms with E-state index in [2.05, 4.69) is 25.5 Å². The fraction of sp³-hybridized carbons (Fsp3) is 0.364. The molecule has 1 aromatic carbocycles. The van der Waals surface area contributed by atoms with E-state index in [1.807, 2.05) is 0 Å². The summed E-state index contributed by atoms with van der Waals surface area (Å²) >= 11 is 0. The van der Waals surface area contributed by atoms with Crippen LogP contribution in [0.1, 0.15) is 35.3 Å². The first-order valence-electron chi connectivity index (χ1n) is 10.3. The number of nitrogens with one attached hydrogen (secondary N) is 1. The van der Waals surface area contributed by atoms with Gasteiger partial charge < -0.3 is 10.2 Å². The monoisotopic (exact) mass is 408 g/mol. The van der Waals surface area contributed by atoms with Gasteiger partial charge in [-0.1, -0.05) is 11.6 Å². The number of piperidine rings is 1. The van der Waals surface area contributed by atoms with Crippen molar-refractivity contribution in [2.45, 2.75) is 26.2 Å². The molecule has 0 saturated carbocycles. The molecule has 1 aliphatic heterocycles. The summed E-state index contributed by atoms with van der Waals surface area (Å²) in [6.07, 6.45) is 7.02. The van der Waals surface area contributed by atoms with Gasteiger partial charge in [0.2, 0.25) is 0 Å². The third-order valence-corrected chi connectivity index (χ3v) is 5.39. The fourth-order valence-electron chi connectivity index (χ4n) is 3.74. The number of aromatic nitrogens is 4. The Morgan fingerprint density at radius 2 is 1.90 bits per heavy atom. The number of pyridine rings is 1. The molecule has 1 N–H and O–H groups in total. The van der Waals surface area contributed by atoms with Gasteiger partial charge in [-0.05, 0) is 68.8 Å². The number of hydrogen-bond acceptors (Lipinski definition) is 5. The van der Waals surface area contributed by atoms with Crippen LogP contribution in [0.5, 0.6) is 0 Å². The molecule has 2 aromatic heterocycles. The van der Waals surface area contributed by atoms with Crippen LogP contribution >= 0.6 is 0 Å². The Morgan fingerprint density at radius 3 is 2.63 bits per heavy atom. The van der Waals surface area contributed by atoms with Gasteiger partial charge in [-0.3, -0.25) is 9.78 Å². The van der Waals surface area contributed by atoms with Gasteiger partial charge in [0.1, 0.15) is 11.5 Å². The van der Waals surface area contributed by atoms with Crippen molar-refractivity contribution in [1.29, 1.82) is 0 Å². The predicted octanol–water partition coefficient (Wildman–Crippen LogP) is 2.99. The number of carbonyl (C=O) groups excluding carboxylic acids is 1. The van der Waals surface area contributed by atoms with Crippen LogP contribution in [0.2, 0.25) is 0 Å². The lowest BCUT2D eigenvalue weighted by Crippen LogP contribution is -2.37. The Bertz CT molecular complexity index is 1010. The molecule has 1 amide bonds. The second kappa shape index (κ2) is 9.13. The molecule has 30 heavy (non-hydrogen) atoms. The Balaban J connectivity index is 1.60. The van der Waals surface area contributed by atoms with Crippen LogP contribution in [0.3, 0.4) is 0 Å². The summed E-state index contributed by atoms with van der Waals surface area (Å²) in [7, 11) is 0. The van der Waals surface area contributed by atoms with Gasteiger partial charge in [-0.2, -0.15) is 0 Å². The van der Waals surface area contributed by atoms with E-state index >= 15 is 0 Å². The summed E-state index contributed by atoms with van der Waals surface area (Å²) in [4.78, 5) is 19.3. The smallest absolute Gasteiger partial charge is 0.274 e. The lowest BCUT2D eigenvalue weighted by atomic mass is 10.1. The van der Waals surface area contributed by atoms with Gasteiger partial charge in [0.25, 0.3) is 5.91 Å². The molecule has 3 aromatic rings. The molecule has 156 valence electrons. The molecule has 0 spiro atoms. The third kappa shape index (κ3) is 4.38. The van der Waals surface area contributed by atoms with E-state index in [0.717, 1.165) is 25.2 Å². The molecule has 7 nitrogen and oxygen atoms in total. The number of halogens is 1. The number of hydrogen-bond donors (Lipinski definition) is 1. The van der Waals surface area contributed by atoms with E-state index in [4.69, 9.17) is 0 Å². The number of nitrogens with zero attached hydrogens (tertiary/aromatic N) is 5. The number of carbonyl (C=O) groups is 1. The molecule has 0 unspecified atom stereocenters. The first kappa shape index (κ1) is 20.2. The first-order chi connectivity index (χ1) is 14.6. The summed E-state index contributed by atoms with van der Waals surface area (Å²) in [5.41, 5.74) is 2.69. The van der Waals surface area contributed by atoms with Crippen molar-refractivity contribution in [3.8, 4) is 16.9 Å². The standard InChI is InChI=1S/C22H25FN6O/c1-16-15-18(5-6-19(16)23)29-21(17-7-9-24-10-8-17)20(26-27-29)22(30)25-11-14-28-12-3-2-4-13-28/h5-10,15H,2-4,11-14H2,1H3,(H,25,30). The second-order valence-electron chi connectivity index (χ2n) is 7.53. The highest BCUT2D eigenvalue weighted by Gasteiger charge is 2.22. The average Bonchev–Trinajstić information content (AvgIpc) is 3.22. The van der Waals surface area contributed by atoms with Crippen LogP contribution < -0.4 is 5.32 Å². The van der Waals surface area contributed by atoms with Gasteiger partial charge in [-0.15, -0.1) is 5.10 Å². The lowest BCUT2D eigenvalue weighted by molar-refractivity contribution is 0.0942. The van der Waals surface area contributed by atoms with Crippen molar-refractivity contribution in [3.05, 3.63) is 59.8 Å². The second-order valence-corrected chi connectivity index (χ2v) is 7.53. The summed E-state index contributed by atoms with van der Waals surface area (Å²) < 4.78 is 15.3. The van der Waals surface area contributed by atoms with Crippen LogP contribution in [0.15, 0.2) is 42.7 Å². The number of likely N-dealkylation sites (tertiary alicyclic amines) is 1. The molecule has 3 heterocycles. The minimum absolute atomic E-state index is 0.238. The van der Waals surface area contributed by atoms with Gasteiger partial charge in [-0.25, -0.2) is 9.07 Å². The molecule has 1 aliphatic rings. The molecule has 1 saturated heterocycles. The van der Waals surface area contributed by atoms with Crippen LogP contribution in [-0.2, 0) is 0 Å². The zero-order valence-electron chi connectivity index (χ0n) is 17.0. The Morgan fingerprint density at radius 1 is 1.13 bits per heavy atom. The van der Waals surface area contributed by atoms with Crippen LogP contribution in [0.4, 0.5) is 4.39 Å². The average molecular weight is 408 g/mol. The molecule has 0 radical (unpaired) electrons. The molecule has 1 fully saturated rings. The van der Waals surface area contributed by atoms with E-state index in [-0.39, 0.29) is 17.4 Å². The van der Waals surface area contributed by atoms with Crippen molar-refractivity contribution in [2.75, 3.05) is 26.2 Å². The maximum absolute atomic E-state index is 13.7. The van der Waals surface area contributed by atoms with Crippen LogP contribution in [0, 0.1) is 12.7 Å². The number of amides is 1.